The van der Waals surface area contributed by atoms with Gasteiger partial charge < -0.3 is 9.73 Å². The minimum absolute atomic E-state index is 0.122. The maximum absolute atomic E-state index is 12.4. The Balaban J connectivity index is 2.02. The summed E-state index contributed by atoms with van der Waals surface area (Å²) in [5.41, 5.74) is -0.426. The molecule has 0 unspecified atom stereocenters. The molecule has 1 N–H and O–H groups in total. The Kier molecular flexibility index (Phi) is 4.32. The lowest BCUT2D eigenvalue weighted by Gasteiger charge is -2.08. The molecule has 0 saturated heterocycles. The van der Waals surface area contributed by atoms with Crippen LogP contribution in [0.4, 0.5) is 11.4 Å². The first kappa shape index (κ1) is 17.0. The number of nitro groups is 1. The number of para-hydroxylation sites is 1. The van der Waals surface area contributed by atoms with E-state index in [1.54, 1.807) is 24.3 Å². The number of Topliss-reactive ketones (excluding diaryl/α,β-unsaturated/α-hetero) is 1. The van der Waals surface area contributed by atoms with Crippen molar-refractivity contribution >= 4 is 33.8 Å². The molecule has 2 aromatic carbocycles. The Bertz CT molecular complexity index is 1120. The second kappa shape index (κ2) is 6.60. The predicted octanol–water partition coefficient (Wildman–Crippen LogP) is 3.16. The highest BCUT2D eigenvalue weighted by atomic mass is 16.6. The molecule has 1 aromatic heterocycles. The summed E-state index contributed by atoms with van der Waals surface area (Å²) in [4.78, 5) is 46.4. The van der Waals surface area contributed by atoms with Crippen LogP contribution in [-0.4, -0.2) is 16.6 Å². The third-order valence-corrected chi connectivity index (χ3v) is 3.73. The van der Waals surface area contributed by atoms with E-state index in [1.165, 1.54) is 31.2 Å². The Hall–Kier alpha value is -3.81. The molecule has 130 valence electrons. The Morgan fingerprint density at radius 1 is 1.12 bits per heavy atom. The topological polar surface area (TPSA) is 120 Å². The predicted molar refractivity (Wildman–Crippen MR) is 93.5 cm³/mol. The second-order valence-electron chi connectivity index (χ2n) is 5.48. The number of nitrogens with one attached hydrogen (secondary N) is 1. The molecule has 3 rings (SSSR count). The maximum Gasteiger partial charge on any atom is 0.344 e. The molecule has 8 heteroatoms. The summed E-state index contributed by atoms with van der Waals surface area (Å²) in [5, 5.41) is 13.7. The number of benzene rings is 2. The van der Waals surface area contributed by atoms with Gasteiger partial charge in [0.05, 0.1) is 16.0 Å². The normalized spacial score (nSPS) is 10.5. The number of rotatable bonds is 4. The van der Waals surface area contributed by atoms with Crippen molar-refractivity contribution in [2.75, 3.05) is 5.32 Å². The number of carbonyl (C=O) groups is 2. The summed E-state index contributed by atoms with van der Waals surface area (Å²) < 4.78 is 5.00. The van der Waals surface area contributed by atoms with Crippen LogP contribution in [0.2, 0.25) is 0 Å². The molecular weight excluding hydrogens is 340 g/mol. The van der Waals surface area contributed by atoms with E-state index in [1.807, 2.05) is 0 Å². The Morgan fingerprint density at radius 3 is 2.54 bits per heavy atom. The van der Waals surface area contributed by atoms with Gasteiger partial charge in [-0.15, -0.1) is 0 Å². The number of hydrogen-bond donors (Lipinski definition) is 1. The highest BCUT2D eigenvalue weighted by Gasteiger charge is 2.16. The number of non-ortho nitro benzene ring substituents is 1. The quantitative estimate of drug-likeness (QED) is 0.437. The molecule has 26 heavy (non-hydrogen) atoms. The second-order valence-corrected chi connectivity index (χ2v) is 5.48. The smallest absolute Gasteiger partial charge is 0.344 e. The lowest BCUT2D eigenvalue weighted by molar-refractivity contribution is -0.384. The van der Waals surface area contributed by atoms with Crippen LogP contribution in [0.15, 0.2) is 57.7 Å². The van der Waals surface area contributed by atoms with Crippen molar-refractivity contribution in [1.82, 2.24) is 0 Å². The summed E-state index contributed by atoms with van der Waals surface area (Å²) in [6.07, 6.45) is 0. The number of anilines is 1. The number of hydrogen-bond acceptors (Lipinski definition) is 6. The molecule has 3 aromatic rings. The van der Waals surface area contributed by atoms with Crippen molar-refractivity contribution in [3.05, 3.63) is 80.4 Å². The third kappa shape index (κ3) is 3.20. The molecule has 0 aliphatic rings. The molecule has 0 aliphatic carbocycles. The van der Waals surface area contributed by atoms with E-state index in [4.69, 9.17) is 4.42 Å². The summed E-state index contributed by atoms with van der Waals surface area (Å²) in [5.74, 6) is -1.30. The number of carbonyl (C=O) groups excluding carboxylic acids is 2. The molecule has 0 aliphatic heterocycles. The van der Waals surface area contributed by atoms with E-state index in [9.17, 15) is 24.5 Å². The SMILES string of the molecule is CC(=O)c1ccccc1NC(=O)c1cc2cc([N+](=O)[O-])ccc2c(=O)o1. The van der Waals surface area contributed by atoms with Gasteiger partial charge in [-0.25, -0.2) is 4.79 Å². The van der Waals surface area contributed by atoms with Crippen molar-refractivity contribution < 1.29 is 18.9 Å². The molecule has 0 atom stereocenters. The van der Waals surface area contributed by atoms with E-state index < -0.39 is 16.5 Å². The Labute approximate surface area is 146 Å². The van der Waals surface area contributed by atoms with Crippen LogP contribution >= 0.6 is 0 Å². The summed E-state index contributed by atoms with van der Waals surface area (Å²) in [6.45, 7) is 1.36. The number of amides is 1. The number of fused-ring (bicyclic) bond motifs is 1. The first-order chi connectivity index (χ1) is 12.4. The van der Waals surface area contributed by atoms with Gasteiger partial charge in [0, 0.05) is 17.7 Å². The molecule has 1 heterocycles. The molecule has 0 saturated carbocycles. The van der Waals surface area contributed by atoms with Gasteiger partial charge in [-0.1, -0.05) is 12.1 Å². The number of nitro benzene ring substituents is 1. The molecule has 8 nitrogen and oxygen atoms in total. The molecule has 0 radical (unpaired) electrons. The van der Waals surface area contributed by atoms with Gasteiger partial charge >= 0.3 is 5.63 Å². The van der Waals surface area contributed by atoms with E-state index in [2.05, 4.69) is 5.32 Å². The highest BCUT2D eigenvalue weighted by molar-refractivity contribution is 6.08. The zero-order valence-electron chi connectivity index (χ0n) is 13.5. The summed E-state index contributed by atoms with van der Waals surface area (Å²) in [6, 6.07) is 11.3. The molecule has 0 spiro atoms. The fraction of sp³-hybridized carbons (Fsp3) is 0.0556. The van der Waals surface area contributed by atoms with E-state index >= 15 is 0 Å². The minimum atomic E-state index is -0.789. The fourth-order valence-corrected chi connectivity index (χ4v) is 2.49. The van der Waals surface area contributed by atoms with Crippen molar-refractivity contribution in [3.63, 3.8) is 0 Å². The van der Waals surface area contributed by atoms with Crippen LogP contribution in [0.5, 0.6) is 0 Å². The summed E-state index contributed by atoms with van der Waals surface area (Å²) in [7, 11) is 0. The van der Waals surface area contributed by atoms with Crippen molar-refractivity contribution in [2.45, 2.75) is 6.92 Å². The standard InChI is InChI=1S/C18H12N2O6/c1-10(21)13-4-2-3-5-15(13)19-17(22)16-9-11-8-12(20(24)25)6-7-14(11)18(23)26-16/h2-9H,1H3,(H,19,22). The van der Waals surface area contributed by atoms with E-state index in [0.29, 0.717) is 5.56 Å². The summed E-state index contributed by atoms with van der Waals surface area (Å²) >= 11 is 0. The molecule has 1 amide bonds. The van der Waals surface area contributed by atoms with Gasteiger partial charge in [0.2, 0.25) is 0 Å². The first-order valence-corrected chi connectivity index (χ1v) is 7.50. The van der Waals surface area contributed by atoms with Crippen LogP contribution in [0.1, 0.15) is 27.8 Å². The molecule has 0 fully saturated rings. The molecular formula is C18H12N2O6. The van der Waals surface area contributed by atoms with Gasteiger partial charge in [0.25, 0.3) is 11.6 Å². The van der Waals surface area contributed by atoms with Crippen LogP contribution in [0, 0.1) is 10.1 Å². The van der Waals surface area contributed by atoms with Crippen LogP contribution < -0.4 is 10.9 Å². The average molecular weight is 352 g/mol. The van der Waals surface area contributed by atoms with Gasteiger partial charge in [0.1, 0.15) is 0 Å². The van der Waals surface area contributed by atoms with Crippen LogP contribution in [0.25, 0.3) is 10.8 Å². The van der Waals surface area contributed by atoms with Crippen molar-refractivity contribution in [3.8, 4) is 0 Å². The average Bonchev–Trinajstić information content (AvgIpc) is 2.61. The Morgan fingerprint density at radius 2 is 1.85 bits per heavy atom. The zero-order chi connectivity index (χ0) is 18.8. The van der Waals surface area contributed by atoms with E-state index in [0.717, 1.165) is 0 Å². The highest BCUT2D eigenvalue weighted by Crippen LogP contribution is 2.21. The first-order valence-electron chi connectivity index (χ1n) is 7.50. The third-order valence-electron chi connectivity index (χ3n) is 3.73. The zero-order valence-corrected chi connectivity index (χ0v) is 13.5. The number of ketones is 1. The van der Waals surface area contributed by atoms with Gasteiger partial charge in [-0.2, -0.15) is 0 Å². The lowest BCUT2D eigenvalue weighted by Crippen LogP contribution is -2.16. The fourth-order valence-electron chi connectivity index (χ4n) is 2.49. The monoisotopic (exact) mass is 352 g/mol. The number of nitrogens with zero attached hydrogens (tertiary/aromatic N) is 1. The molecule has 0 bridgehead atoms. The van der Waals surface area contributed by atoms with E-state index in [-0.39, 0.29) is 33.7 Å². The van der Waals surface area contributed by atoms with Crippen molar-refractivity contribution in [1.29, 1.82) is 0 Å². The van der Waals surface area contributed by atoms with Crippen LogP contribution in [-0.2, 0) is 0 Å². The van der Waals surface area contributed by atoms with Gasteiger partial charge in [-0.05, 0) is 36.6 Å². The minimum Gasteiger partial charge on any atom is -0.417 e. The largest absolute Gasteiger partial charge is 0.417 e. The van der Waals surface area contributed by atoms with Crippen molar-refractivity contribution in [2.24, 2.45) is 0 Å². The van der Waals surface area contributed by atoms with Gasteiger partial charge in [0.15, 0.2) is 11.5 Å². The van der Waals surface area contributed by atoms with Gasteiger partial charge in [-0.3, -0.25) is 19.7 Å². The lowest BCUT2D eigenvalue weighted by atomic mass is 10.1. The maximum atomic E-state index is 12.4. The van der Waals surface area contributed by atoms with Crippen LogP contribution in [0.3, 0.4) is 0 Å².